The molecule has 0 radical (unpaired) electrons. The Labute approximate surface area is 95.1 Å². The van der Waals surface area contributed by atoms with Gasteiger partial charge in [-0.25, -0.2) is 9.78 Å². The largest absolute Gasteiger partial charge is 0.478 e. The summed E-state index contributed by atoms with van der Waals surface area (Å²) in [6.07, 6.45) is 1.36. The van der Waals surface area contributed by atoms with Gasteiger partial charge < -0.3 is 12.5 Å². The van der Waals surface area contributed by atoms with Crippen LogP contribution in [0.3, 0.4) is 0 Å². The Morgan fingerprint density at radius 3 is 2.71 bits per heavy atom. The number of rotatable bonds is 3. The third kappa shape index (κ3) is 2.25. The smallest absolute Gasteiger partial charge is 0.339 e. The second-order valence-corrected chi connectivity index (χ2v) is 2.74. The van der Waals surface area contributed by atoms with Crippen molar-refractivity contribution in [1.29, 1.82) is 0 Å². The third-order valence-electron chi connectivity index (χ3n) is 1.52. The topological polar surface area (TPSA) is 57.7 Å². The van der Waals surface area contributed by atoms with Crippen LogP contribution in [0.15, 0.2) is 12.3 Å². The molecule has 76 valence electrons. The predicted molar refractivity (Wildman–Crippen MR) is 56.8 cm³/mol. The van der Waals surface area contributed by atoms with Crippen molar-refractivity contribution in [2.24, 2.45) is 0 Å². The zero-order chi connectivity index (χ0) is 10.6. The van der Waals surface area contributed by atoms with Crippen molar-refractivity contribution in [2.45, 2.75) is 0 Å². The SMILES string of the molecule is COC(=O)c1cnc(OC)c(OI)c1. The molecule has 0 atom stereocenters. The lowest BCUT2D eigenvalue weighted by Gasteiger charge is -2.05. The van der Waals surface area contributed by atoms with Crippen LogP contribution in [-0.2, 0) is 4.74 Å². The molecule has 6 heteroatoms. The number of hydrogen-bond acceptors (Lipinski definition) is 5. The zero-order valence-corrected chi connectivity index (χ0v) is 9.77. The van der Waals surface area contributed by atoms with E-state index in [1.165, 1.54) is 26.5 Å². The Morgan fingerprint density at radius 1 is 1.50 bits per heavy atom. The van der Waals surface area contributed by atoms with E-state index in [1.807, 2.05) is 0 Å². The maximum absolute atomic E-state index is 11.1. The number of halogens is 1. The molecule has 0 fully saturated rings. The van der Waals surface area contributed by atoms with Gasteiger partial charge in [0.1, 0.15) is 0 Å². The Kier molecular flexibility index (Phi) is 3.93. The molecule has 0 saturated carbocycles. The summed E-state index contributed by atoms with van der Waals surface area (Å²) in [4.78, 5) is 15.0. The number of nitrogens with zero attached hydrogens (tertiary/aromatic N) is 1. The Hall–Kier alpha value is -1.05. The lowest BCUT2D eigenvalue weighted by molar-refractivity contribution is 0.0600. The van der Waals surface area contributed by atoms with Crippen LogP contribution in [0.4, 0.5) is 0 Å². The molecule has 5 nitrogen and oxygen atoms in total. The monoisotopic (exact) mass is 309 g/mol. The second kappa shape index (κ2) is 4.99. The van der Waals surface area contributed by atoms with Crippen molar-refractivity contribution in [3.63, 3.8) is 0 Å². The van der Waals surface area contributed by atoms with E-state index in [-0.39, 0.29) is 0 Å². The molecule has 1 aromatic rings. The zero-order valence-electron chi connectivity index (χ0n) is 7.61. The first kappa shape index (κ1) is 11.0. The van der Waals surface area contributed by atoms with E-state index in [0.717, 1.165) is 0 Å². The van der Waals surface area contributed by atoms with Gasteiger partial charge in [0, 0.05) is 12.3 Å². The van der Waals surface area contributed by atoms with Gasteiger partial charge in [-0.15, -0.1) is 0 Å². The van der Waals surface area contributed by atoms with Crippen molar-refractivity contribution >= 4 is 29.0 Å². The van der Waals surface area contributed by atoms with Gasteiger partial charge >= 0.3 is 5.97 Å². The maximum atomic E-state index is 11.1. The molecule has 0 unspecified atom stereocenters. The normalized spacial score (nSPS) is 9.36. The fraction of sp³-hybridized carbons (Fsp3) is 0.250. The highest BCUT2D eigenvalue weighted by Crippen LogP contribution is 2.26. The number of hydrogen-bond donors (Lipinski definition) is 0. The summed E-state index contributed by atoms with van der Waals surface area (Å²) in [6.45, 7) is 0. The highest BCUT2D eigenvalue weighted by molar-refractivity contribution is 14.1. The van der Waals surface area contributed by atoms with E-state index >= 15 is 0 Å². The van der Waals surface area contributed by atoms with Crippen LogP contribution >= 0.6 is 23.0 Å². The average molecular weight is 309 g/mol. The number of esters is 1. The average Bonchev–Trinajstić information content (AvgIpc) is 2.26. The van der Waals surface area contributed by atoms with Crippen molar-refractivity contribution < 1.29 is 17.3 Å². The van der Waals surface area contributed by atoms with Crippen LogP contribution in [0.2, 0.25) is 0 Å². The molecule has 0 amide bonds. The van der Waals surface area contributed by atoms with E-state index in [4.69, 9.17) is 7.80 Å². The quantitative estimate of drug-likeness (QED) is 0.627. The molecular weight excluding hydrogens is 301 g/mol. The molecule has 0 aliphatic heterocycles. The van der Waals surface area contributed by atoms with Gasteiger partial charge in [0.05, 0.1) is 19.8 Å². The molecule has 0 aliphatic rings. The van der Waals surface area contributed by atoms with Crippen LogP contribution in [0.5, 0.6) is 11.6 Å². The molecule has 0 aliphatic carbocycles. The van der Waals surface area contributed by atoms with E-state index in [9.17, 15) is 4.79 Å². The van der Waals surface area contributed by atoms with Gasteiger partial charge in [-0.3, -0.25) is 0 Å². The van der Waals surface area contributed by atoms with Crippen molar-refractivity contribution in [3.8, 4) is 11.6 Å². The first-order valence-electron chi connectivity index (χ1n) is 3.64. The summed E-state index contributed by atoms with van der Waals surface area (Å²) in [5, 5.41) is 0. The maximum Gasteiger partial charge on any atom is 0.339 e. The van der Waals surface area contributed by atoms with Crippen LogP contribution in [0.25, 0.3) is 0 Å². The first-order valence-corrected chi connectivity index (χ1v) is 4.52. The third-order valence-corrected chi connectivity index (χ3v) is 1.99. The summed E-state index contributed by atoms with van der Waals surface area (Å²) in [5.74, 6) is 0.248. The molecule has 14 heavy (non-hydrogen) atoms. The van der Waals surface area contributed by atoms with E-state index in [1.54, 1.807) is 23.0 Å². The second-order valence-electron chi connectivity index (χ2n) is 2.30. The number of pyridine rings is 1. The highest BCUT2D eigenvalue weighted by Gasteiger charge is 2.12. The molecule has 0 saturated heterocycles. The molecule has 1 rings (SSSR count). The Morgan fingerprint density at radius 2 is 2.21 bits per heavy atom. The summed E-state index contributed by atoms with van der Waals surface area (Å²) >= 11 is 1.68. The van der Waals surface area contributed by atoms with Gasteiger partial charge in [-0.1, -0.05) is 0 Å². The number of carbonyl (C=O) groups excluding carboxylic acids is 1. The minimum Gasteiger partial charge on any atom is -0.478 e. The van der Waals surface area contributed by atoms with E-state index < -0.39 is 5.97 Å². The molecular formula is C8H8INO4. The predicted octanol–water partition coefficient (Wildman–Crippen LogP) is 1.61. The van der Waals surface area contributed by atoms with Crippen molar-refractivity contribution in [3.05, 3.63) is 17.8 Å². The van der Waals surface area contributed by atoms with Gasteiger partial charge in [0.25, 0.3) is 5.88 Å². The minimum atomic E-state index is -0.463. The standard InChI is InChI=1S/C8H8INO4/c1-12-7-6(14-9)3-5(4-10-7)8(11)13-2/h3-4H,1-2H3. The van der Waals surface area contributed by atoms with Crippen LogP contribution in [-0.4, -0.2) is 25.2 Å². The lowest BCUT2D eigenvalue weighted by atomic mass is 10.3. The van der Waals surface area contributed by atoms with Gasteiger partial charge in [-0.05, 0) is 0 Å². The van der Waals surface area contributed by atoms with Crippen molar-refractivity contribution in [2.75, 3.05) is 14.2 Å². The van der Waals surface area contributed by atoms with Gasteiger partial charge in [0.15, 0.2) is 28.8 Å². The summed E-state index contributed by atoms with van der Waals surface area (Å²) in [5.41, 5.74) is 0.319. The first-order chi connectivity index (χ1) is 6.72. The van der Waals surface area contributed by atoms with Gasteiger partial charge in [0.2, 0.25) is 0 Å². The van der Waals surface area contributed by atoms with Crippen LogP contribution in [0, 0.1) is 0 Å². The Balaban J connectivity index is 3.07. The fourth-order valence-corrected chi connectivity index (χ4v) is 1.19. The van der Waals surface area contributed by atoms with Gasteiger partial charge in [-0.2, -0.15) is 0 Å². The van der Waals surface area contributed by atoms with E-state index in [2.05, 4.69) is 9.72 Å². The molecule has 0 N–H and O–H groups in total. The summed E-state index contributed by atoms with van der Waals surface area (Å²) in [6, 6.07) is 1.50. The van der Waals surface area contributed by atoms with Crippen LogP contribution in [0.1, 0.15) is 10.4 Å². The van der Waals surface area contributed by atoms with Crippen LogP contribution < -0.4 is 7.80 Å². The fourth-order valence-electron chi connectivity index (χ4n) is 0.870. The minimum absolute atomic E-state index is 0.319. The molecule has 1 heterocycles. The molecule has 0 aromatic carbocycles. The molecule has 0 bridgehead atoms. The molecule has 1 aromatic heterocycles. The Bertz CT molecular complexity index is 342. The lowest BCUT2D eigenvalue weighted by Crippen LogP contribution is -2.02. The number of aromatic nitrogens is 1. The van der Waals surface area contributed by atoms with Crippen molar-refractivity contribution in [1.82, 2.24) is 4.98 Å². The number of methoxy groups -OCH3 is 2. The number of ether oxygens (including phenoxy) is 2. The van der Waals surface area contributed by atoms with E-state index in [0.29, 0.717) is 17.2 Å². The molecule has 0 spiro atoms. The summed E-state index contributed by atoms with van der Waals surface area (Å²) < 4.78 is 14.4. The number of carbonyl (C=O) groups is 1. The highest BCUT2D eigenvalue weighted by atomic mass is 127. The summed E-state index contributed by atoms with van der Waals surface area (Å²) in [7, 11) is 2.77.